The number of nitrogens with one attached hydrogen (secondary N) is 1. The van der Waals surface area contributed by atoms with Crippen LogP contribution < -0.4 is 5.32 Å². The molecule has 0 amide bonds. The van der Waals surface area contributed by atoms with Gasteiger partial charge in [0.1, 0.15) is 5.82 Å². The fourth-order valence-corrected chi connectivity index (χ4v) is 2.33. The Bertz CT molecular complexity index is 499. The topological polar surface area (TPSA) is 29.9 Å². The van der Waals surface area contributed by atoms with Gasteiger partial charge in [-0.3, -0.25) is 0 Å². The van der Waals surface area contributed by atoms with Gasteiger partial charge >= 0.3 is 0 Å². The SMILES string of the molecule is CCCNC(CC)c1ccc(-n2ccnc2C)cc1. The summed E-state index contributed by atoms with van der Waals surface area (Å²) in [5.41, 5.74) is 2.53. The summed E-state index contributed by atoms with van der Waals surface area (Å²) in [5.74, 6) is 1.02. The van der Waals surface area contributed by atoms with Crippen molar-refractivity contribution in [2.45, 2.75) is 39.7 Å². The van der Waals surface area contributed by atoms with Crippen molar-refractivity contribution in [3.63, 3.8) is 0 Å². The van der Waals surface area contributed by atoms with Crippen molar-refractivity contribution in [1.29, 1.82) is 0 Å². The zero-order valence-corrected chi connectivity index (χ0v) is 12.1. The molecule has 1 aromatic carbocycles. The Morgan fingerprint density at radius 1 is 1.21 bits per heavy atom. The third-order valence-corrected chi connectivity index (χ3v) is 3.45. The maximum Gasteiger partial charge on any atom is 0.110 e. The lowest BCUT2D eigenvalue weighted by atomic mass is 10.0. The number of hydrogen-bond donors (Lipinski definition) is 1. The number of benzene rings is 1. The molecule has 0 saturated carbocycles. The van der Waals surface area contributed by atoms with E-state index in [0.29, 0.717) is 6.04 Å². The third kappa shape index (κ3) is 3.24. The number of aryl methyl sites for hydroxylation is 1. The summed E-state index contributed by atoms with van der Waals surface area (Å²) in [6.07, 6.45) is 6.12. The lowest BCUT2D eigenvalue weighted by molar-refractivity contribution is 0.518. The molecule has 3 nitrogen and oxygen atoms in total. The van der Waals surface area contributed by atoms with Crippen molar-refractivity contribution in [2.24, 2.45) is 0 Å². The second kappa shape index (κ2) is 6.53. The van der Waals surface area contributed by atoms with E-state index >= 15 is 0 Å². The van der Waals surface area contributed by atoms with E-state index in [4.69, 9.17) is 0 Å². The van der Waals surface area contributed by atoms with Gasteiger partial charge in [-0.15, -0.1) is 0 Å². The van der Waals surface area contributed by atoms with Crippen molar-refractivity contribution in [3.8, 4) is 5.69 Å². The number of imidazole rings is 1. The van der Waals surface area contributed by atoms with Crippen molar-refractivity contribution >= 4 is 0 Å². The van der Waals surface area contributed by atoms with Crippen LogP contribution in [0.25, 0.3) is 5.69 Å². The molecule has 2 aromatic rings. The van der Waals surface area contributed by atoms with E-state index in [9.17, 15) is 0 Å². The second-order valence-electron chi connectivity index (χ2n) is 4.85. The van der Waals surface area contributed by atoms with Gasteiger partial charge in [0, 0.05) is 24.1 Å². The van der Waals surface area contributed by atoms with Gasteiger partial charge in [0.2, 0.25) is 0 Å². The van der Waals surface area contributed by atoms with Crippen LogP contribution in [0.4, 0.5) is 0 Å². The highest BCUT2D eigenvalue weighted by atomic mass is 15.1. The number of aromatic nitrogens is 2. The van der Waals surface area contributed by atoms with Gasteiger partial charge in [0.05, 0.1) is 0 Å². The van der Waals surface area contributed by atoms with Crippen LogP contribution >= 0.6 is 0 Å². The fraction of sp³-hybridized carbons (Fsp3) is 0.438. The molecule has 1 unspecified atom stereocenters. The Morgan fingerprint density at radius 2 is 1.95 bits per heavy atom. The standard InChI is InChI=1S/C16H23N3/c1-4-10-18-16(5-2)14-6-8-15(9-7-14)19-12-11-17-13(19)3/h6-9,11-12,16,18H,4-5,10H2,1-3H3. The minimum absolute atomic E-state index is 0.456. The minimum atomic E-state index is 0.456. The Labute approximate surface area is 115 Å². The highest BCUT2D eigenvalue weighted by molar-refractivity contribution is 5.36. The highest BCUT2D eigenvalue weighted by Gasteiger charge is 2.08. The first kappa shape index (κ1) is 13.8. The molecule has 0 bridgehead atoms. The van der Waals surface area contributed by atoms with Crippen molar-refractivity contribution in [3.05, 3.63) is 48.0 Å². The zero-order chi connectivity index (χ0) is 13.7. The molecule has 1 atom stereocenters. The molecule has 3 heteroatoms. The molecule has 1 heterocycles. The Hall–Kier alpha value is -1.61. The lowest BCUT2D eigenvalue weighted by Crippen LogP contribution is -2.21. The van der Waals surface area contributed by atoms with E-state index in [1.54, 1.807) is 0 Å². The predicted octanol–water partition coefficient (Wildman–Crippen LogP) is 3.63. The van der Waals surface area contributed by atoms with Gasteiger partial charge in [-0.25, -0.2) is 4.98 Å². The maximum atomic E-state index is 4.26. The van der Waals surface area contributed by atoms with Crippen molar-refractivity contribution in [2.75, 3.05) is 6.54 Å². The summed E-state index contributed by atoms with van der Waals surface area (Å²) < 4.78 is 2.10. The largest absolute Gasteiger partial charge is 0.310 e. The Morgan fingerprint density at radius 3 is 2.47 bits per heavy atom. The Kier molecular flexibility index (Phi) is 4.74. The predicted molar refractivity (Wildman–Crippen MR) is 79.6 cm³/mol. The summed E-state index contributed by atoms with van der Waals surface area (Å²) in [7, 11) is 0. The molecule has 0 spiro atoms. The average molecular weight is 257 g/mol. The van der Waals surface area contributed by atoms with Crippen LogP contribution in [-0.4, -0.2) is 16.1 Å². The van der Waals surface area contributed by atoms with Crippen LogP contribution in [0.3, 0.4) is 0 Å². The van der Waals surface area contributed by atoms with E-state index in [-0.39, 0.29) is 0 Å². The smallest absolute Gasteiger partial charge is 0.110 e. The van der Waals surface area contributed by atoms with Gasteiger partial charge in [-0.05, 0) is 44.0 Å². The first-order valence-electron chi connectivity index (χ1n) is 7.10. The molecule has 0 aliphatic carbocycles. The maximum absolute atomic E-state index is 4.26. The summed E-state index contributed by atoms with van der Waals surface area (Å²) in [6, 6.07) is 9.22. The van der Waals surface area contributed by atoms with Gasteiger partial charge in [-0.1, -0.05) is 26.0 Å². The summed E-state index contributed by atoms with van der Waals surface area (Å²) in [6.45, 7) is 7.51. The first-order valence-corrected chi connectivity index (χ1v) is 7.10. The molecule has 0 aliphatic rings. The van der Waals surface area contributed by atoms with Crippen LogP contribution in [0.2, 0.25) is 0 Å². The lowest BCUT2D eigenvalue weighted by Gasteiger charge is -2.17. The fourth-order valence-electron chi connectivity index (χ4n) is 2.33. The molecular weight excluding hydrogens is 234 g/mol. The Balaban J connectivity index is 2.15. The molecule has 0 saturated heterocycles. The van der Waals surface area contributed by atoms with E-state index in [2.05, 4.69) is 53.0 Å². The molecule has 102 valence electrons. The van der Waals surface area contributed by atoms with Crippen molar-refractivity contribution in [1.82, 2.24) is 14.9 Å². The number of nitrogens with zero attached hydrogens (tertiary/aromatic N) is 2. The molecular formula is C16H23N3. The number of rotatable bonds is 6. The molecule has 19 heavy (non-hydrogen) atoms. The van der Waals surface area contributed by atoms with Gasteiger partial charge in [0.15, 0.2) is 0 Å². The van der Waals surface area contributed by atoms with Gasteiger partial charge in [-0.2, -0.15) is 0 Å². The zero-order valence-electron chi connectivity index (χ0n) is 12.1. The van der Waals surface area contributed by atoms with Gasteiger partial charge < -0.3 is 9.88 Å². The average Bonchev–Trinajstić information content (AvgIpc) is 2.87. The summed E-state index contributed by atoms with van der Waals surface area (Å²) in [4.78, 5) is 4.26. The molecule has 0 fully saturated rings. The second-order valence-corrected chi connectivity index (χ2v) is 4.85. The van der Waals surface area contributed by atoms with Crippen LogP contribution in [0.15, 0.2) is 36.7 Å². The molecule has 1 N–H and O–H groups in total. The van der Waals surface area contributed by atoms with E-state index < -0.39 is 0 Å². The van der Waals surface area contributed by atoms with E-state index in [1.165, 1.54) is 17.7 Å². The van der Waals surface area contributed by atoms with Crippen LogP contribution in [0, 0.1) is 6.92 Å². The third-order valence-electron chi connectivity index (χ3n) is 3.45. The van der Waals surface area contributed by atoms with Crippen LogP contribution in [0.5, 0.6) is 0 Å². The first-order chi connectivity index (χ1) is 9.26. The van der Waals surface area contributed by atoms with Gasteiger partial charge in [0.25, 0.3) is 0 Å². The minimum Gasteiger partial charge on any atom is -0.310 e. The normalized spacial score (nSPS) is 12.6. The molecule has 1 aromatic heterocycles. The number of hydrogen-bond acceptors (Lipinski definition) is 2. The quantitative estimate of drug-likeness (QED) is 0.856. The summed E-state index contributed by atoms with van der Waals surface area (Å²) in [5, 5.41) is 3.58. The highest BCUT2D eigenvalue weighted by Crippen LogP contribution is 2.19. The van der Waals surface area contributed by atoms with Crippen molar-refractivity contribution < 1.29 is 0 Å². The van der Waals surface area contributed by atoms with Crippen LogP contribution in [-0.2, 0) is 0 Å². The van der Waals surface area contributed by atoms with Crippen LogP contribution in [0.1, 0.15) is 44.1 Å². The molecule has 2 rings (SSSR count). The summed E-state index contributed by atoms with van der Waals surface area (Å²) >= 11 is 0. The van der Waals surface area contributed by atoms with E-state index in [0.717, 1.165) is 18.8 Å². The van der Waals surface area contributed by atoms with E-state index in [1.807, 2.05) is 19.3 Å². The molecule has 0 aliphatic heterocycles. The molecule has 0 radical (unpaired) electrons. The monoisotopic (exact) mass is 257 g/mol.